The first-order valence-corrected chi connectivity index (χ1v) is 6.56. The molecule has 1 aliphatic carbocycles. The summed E-state index contributed by atoms with van der Waals surface area (Å²) in [7, 11) is 1.68. The normalized spacial score (nSPS) is 34.9. The Bertz CT molecular complexity index is 329. The first-order valence-electron chi connectivity index (χ1n) is 6.56. The van der Waals surface area contributed by atoms with Gasteiger partial charge >= 0.3 is 0 Å². The van der Waals surface area contributed by atoms with Gasteiger partial charge in [-0.15, -0.1) is 0 Å². The lowest BCUT2D eigenvalue weighted by Gasteiger charge is -2.31. The van der Waals surface area contributed by atoms with Crippen LogP contribution in [0.2, 0.25) is 0 Å². The zero-order chi connectivity index (χ0) is 12.5. The second-order valence-corrected chi connectivity index (χ2v) is 5.59. The number of carbonyl (C=O) groups excluding carboxylic acids is 2. The predicted octanol–water partition coefficient (Wildman–Crippen LogP) is 0.956. The molecule has 0 aromatic heterocycles. The topological polar surface area (TPSA) is 49.4 Å². The van der Waals surface area contributed by atoms with Crippen LogP contribution in [0.4, 0.5) is 0 Å². The summed E-state index contributed by atoms with van der Waals surface area (Å²) >= 11 is 0. The Labute approximate surface area is 103 Å². The molecule has 2 unspecified atom stereocenters. The second-order valence-electron chi connectivity index (χ2n) is 5.59. The van der Waals surface area contributed by atoms with Gasteiger partial charge in [0.25, 0.3) is 0 Å². The summed E-state index contributed by atoms with van der Waals surface area (Å²) in [4.78, 5) is 25.9. The van der Waals surface area contributed by atoms with Gasteiger partial charge in [-0.2, -0.15) is 0 Å². The van der Waals surface area contributed by atoms with Crippen LogP contribution in [0.15, 0.2) is 0 Å². The third-order valence-electron chi connectivity index (χ3n) is 4.24. The molecule has 0 radical (unpaired) electrons. The third-order valence-corrected chi connectivity index (χ3v) is 4.24. The maximum Gasteiger partial charge on any atom is 0.227 e. The van der Waals surface area contributed by atoms with E-state index in [-0.39, 0.29) is 17.4 Å². The standard InChI is InChI=1S/C13H22N2O2/c1-13(12(17)14-2)7-8-15(9-13)10-5-3-4-6-11(10)16/h10H,3-9H2,1-2H3,(H,14,17). The van der Waals surface area contributed by atoms with Crippen molar-refractivity contribution in [2.24, 2.45) is 5.41 Å². The Morgan fingerprint density at radius 1 is 1.47 bits per heavy atom. The van der Waals surface area contributed by atoms with E-state index >= 15 is 0 Å². The molecule has 4 nitrogen and oxygen atoms in total. The Morgan fingerprint density at radius 3 is 2.88 bits per heavy atom. The van der Waals surface area contributed by atoms with Crippen LogP contribution < -0.4 is 5.32 Å². The molecule has 2 fully saturated rings. The van der Waals surface area contributed by atoms with E-state index in [2.05, 4.69) is 10.2 Å². The van der Waals surface area contributed by atoms with Crippen molar-refractivity contribution in [2.75, 3.05) is 20.1 Å². The maximum atomic E-state index is 11.9. The highest BCUT2D eigenvalue weighted by Gasteiger charge is 2.43. The van der Waals surface area contributed by atoms with E-state index in [1.165, 1.54) is 0 Å². The fourth-order valence-electron chi connectivity index (χ4n) is 3.10. The molecule has 1 aliphatic heterocycles. The van der Waals surface area contributed by atoms with E-state index in [1.54, 1.807) is 7.05 Å². The monoisotopic (exact) mass is 238 g/mol. The molecule has 0 bridgehead atoms. The summed E-state index contributed by atoms with van der Waals surface area (Å²) < 4.78 is 0. The summed E-state index contributed by atoms with van der Waals surface area (Å²) in [5.41, 5.74) is -0.313. The number of amides is 1. The molecule has 96 valence electrons. The van der Waals surface area contributed by atoms with Crippen molar-refractivity contribution in [1.82, 2.24) is 10.2 Å². The van der Waals surface area contributed by atoms with E-state index in [0.29, 0.717) is 5.78 Å². The second kappa shape index (κ2) is 4.77. The molecule has 2 atom stereocenters. The molecule has 1 saturated carbocycles. The van der Waals surface area contributed by atoms with Crippen LogP contribution in [-0.4, -0.2) is 42.8 Å². The van der Waals surface area contributed by atoms with E-state index in [0.717, 1.165) is 45.2 Å². The Kier molecular flexibility index (Phi) is 3.52. The molecule has 17 heavy (non-hydrogen) atoms. The van der Waals surface area contributed by atoms with E-state index in [1.807, 2.05) is 6.92 Å². The zero-order valence-corrected chi connectivity index (χ0v) is 10.8. The highest BCUT2D eigenvalue weighted by Crippen LogP contribution is 2.33. The van der Waals surface area contributed by atoms with Gasteiger partial charge in [-0.05, 0) is 32.7 Å². The molecule has 0 aromatic carbocycles. The van der Waals surface area contributed by atoms with E-state index in [9.17, 15) is 9.59 Å². The maximum absolute atomic E-state index is 11.9. The number of hydrogen-bond acceptors (Lipinski definition) is 3. The van der Waals surface area contributed by atoms with E-state index in [4.69, 9.17) is 0 Å². The van der Waals surface area contributed by atoms with Crippen molar-refractivity contribution < 1.29 is 9.59 Å². The quantitative estimate of drug-likeness (QED) is 0.779. The Balaban J connectivity index is 2.01. The van der Waals surface area contributed by atoms with Gasteiger partial charge in [0.05, 0.1) is 11.5 Å². The lowest BCUT2D eigenvalue weighted by atomic mass is 9.88. The van der Waals surface area contributed by atoms with Gasteiger partial charge in [-0.3, -0.25) is 14.5 Å². The molecule has 0 aromatic rings. The zero-order valence-electron chi connectivity index (χ0n) is 10.8. The number of hydrogen-bond donors (Lipinski definition) is 1. The van der Waals surface area contributed by atoms with E-state index < -0.39 is 0 Å². The molecule has 4 heteroatoms. The van der Waals surface area contributed by atoms with Crippen LogP contribution in [0.3, 0.4) is 0 Å². The first-order chi connectivity index (χ1) is 8.07. The lowest BCUT2D eigenvalue weighted by Crippen LogP contribution is -2.45. The molecular formula is C13H22N2O2. The Hall–Kier alpha value is -0.900. The van der Waals surface area contributed by atoms with Crippen LogP contribution in [0.5, 0.6) is 0 Å². The van der Waals surface area contributed by atoms with Crippen LogP contribution >= 0.6 is 0 Å². The highest BCUT2D eigenvalue weighted by atomic mass is 16.2. The lowest BCUT2D eigenvalue weighted by molar-refractivity contribution is -0.130. The minimum Gasteiger partial charge on any atom is -0.359 e. The average molecular weight is 238 g/mol. The molecule has 0 spiro atoms. The van der Waals surface area contributed by atoms with Crippen molar-refractivity contribution in [3.63, 3.8) is 0 Å². The molecule has 1 saturated heterocycles. The fraction of sp³-hybridized carbons (Fsp3) is 0.846. The number of nitrogens with one attached hydrogen (secondary N) is 1. The van der Waals surface area contributed by atoms with Gasteiger partial charge < -0.3 is 5.32 Å². The number of ketones is 1. The number of likely N-dealkylation sites (tertiary alicyclic amines) is 1. The van der Waals surface area contributed by atoms with Crippen LogP contribution in [0, 0.1) is 5.41 Å². The molecular weight excluding hydrogens is 216 g/mol. The largest absolute Gasteiger partial charge is 0.359 e. The van der Waals surface area contributed by atoms with Crippen LogP contribution in [0.1, 0.15) is 39.0 Å². The smallest absolute Gasteiger partial charge is 0.227 e. The minimum atomic E-state index is -0.313. The average Bonchev–Trinajstić information content (AvgIpc) is 2.72. The van der Waals surface area contributed by atoms with Gasteiger partial charge in [0.1, 0.15) is 5.78 Å². The summed E-state index contributed by atoms with van der Waals surface area (Å²) in [5, 5.41) is 2.73. The van der Waals surface area contributed by atoms with Gasteiger partial charge in [-0.1, -0.05) is 6.42 Å². The number of rotatable bonds is 2. The molecule has 2 aliphatic rings. The fourth-order valence-corrected chi connectivity index (χ4v) is 3.10. The van der Waals surface area contributed by atoms with Gasteiger partial charge in [0, 0.05) is 20.0 Å². The number of carbonyl (C=O) groups is 2. The third kappa shape index (κ3) is 2.37. The van der Waals surface area contributed by atoms with Gasteiger partial charge in [0.15, 0.2) is 0 Å². The van der Waals surface area contributed by atoms with Crippen LogP contribution in [-0.2, 0) is 9.59 Å². The summed E-state index contributed by atoms with van der Waals surface area (Å²) in [6, 6.07) is 0.0789. The molecule has 2 rings (SSSR count). The van der Waals surface area contributed by atoms with Crippen LogP contribution in [0.25, 0.3) is 0 Å². The van der Waals surface area contributed by atoms with Crippen molar-refractivity contribution in [2.45, 2.75) is 45.1 Å². The summed E-state index contributed by atoms with van der Waals surface area (Å²) in [6.07, 6.45) is 4.73. The summed E-state index contributed by atoms with van der Waals surface area (Å²) in [6.45, 7) is 3.60. The van der Waals surface area contributed by atoms with Crippen molar-refractivity contribution in [1.29, 1.82) is 0 Å². The number of Topliss-reactive ketones (excluding diaryl/α,β-unsaturated/α-hetero) is 1. The van der Waals surface area contributed by atoms with Gasteiger partial charge in [-0.25, -0.2) is 0 Å². The molecule has 1 amide bonds. The first kappa shape index (κ1) is 12.6. The van der Waals surface area contributed by atoms with Crippen molar-refractivity contribution in [3.05, 3.63) is 0 Å². The number of nitrogens with zero attached hydrogens (tertiary/aromatic N) is 1. The van der Waals surface area contributed by atoms with Crippen molar-refractivity contribution >= 4 is 11.7 Å². The molecule has 1 heterocycles. The minimum absolute atomic E-state index is 0.0789. The highest BCUT2D eigenvalue weighted by molar-refractivity contribution is 5.85. The Morgan fingerprint density at radius 2 is 2.24 bits per heavy atom. The molecule has 1 N–H and O–H groups in total. The van der Waals surface area contributed by atoms with Gasteiger partial charge in [0.2, 0.25) is 5.91 Å². The predicted molar refractivity (Wildman–Crippen MR) is 65.6 cm³/mol. The SMILES string of the molecule is CNC(=O)C1(C)CCN(C2CCCCC2=O)C1. The van der Waals surface area contributed by atoms with Crippen molar-refractivity contribution in [3.8, 4) is 0 Å². The summed E-state index contributed by atoms with van der Waals surface area (Å²) in [5.74, 6) is 0.473.